The van der Waals surface area contributed by atoms with Crippen LogP contribution in [0, 0.1) is 0 Å². The summed E-state index contributed by atoms with van der Waals surface area (Å²) in [5, 5.41) is 3.34. The molecule has 1 fully saturated rings. The van der Waals surface area contributed by atoms with E-state index in [1.54, 1.807) is 6.07 Å². The van der Waals surface area contributed by atoms with E-state index in [1.807, 2.05) is 19.2 Å². The number of amides is 1. The summed E-state index contributed by atoms with van der Waals surface area (Å²) in [6, 6.07) is 6.71. The van der Waals surface area contributed by atoms with Crippen molar-refractivity contribution >= 4 is 27.5 Å². The smallest absolute Gasteiger partial charge is 0.250 e. The molecular weight excluding hydrogens is 318 g/mol. The Morgan fingerprint density at radius 3 is 2.55 bits per heavy atom. The Labute approximate surface area is 128 Å². The van der Waals surface area contributed by atoms with Gasteiger partial charge in [0.25, 0.3) is 5.91 Å². The van der Waals surface area contributed by atoms with Gasteiger partial charge < -0.3 is 16.0 Å². The molecule has 5 heteroatoms. The van der Waals surface area contributed by atoms with Gasteiger partial charge in [0, 0.05) is 23.6 Å². The zero-order valence-electron chi connectivity index (χ0n) is 12.0. The van der Waals surface area contributed by atoms with Crippen molar-refractivity contribution in [2.45, 2.75) is 37.8 Å². The Balaban J connectivity index is 2.18. The Morgan fingerprint density at radius 1 is 1.35 bits per heavy atom. The normalized spacial score (nSPS) is 22.6. The number of rotatable bonds is 4. The van der Waals surface area contributed by atoms with Crippen LogP contribution in [0.3, 0.4) is 0 Å². The average Bonchev–Trinajstić information content (AvgIpc) is 2.46. The van der Waals surface area contributed by atoms with Crippen molar-refractivity contribution in [2.75, 3.05) is 19.0 Å². The third-order valence-electron chi connectivity index (χ3n) is 4.26. The summed E-state index contributed by atoms with van der Waals surface area (Å²) in [6.07, 6.45) is 4.61. The maximum atomic E-state index is 11.6. The molecule has 0 atom stereocenters. The number of nitrogens with one attached hydrogen (secondary N) is 1. The molecule has 0 saturated heterocycles. The van der Waals surface area contributed by atoms with Gasteiger partial charge in [-0.2, -0.15) is 0 Å². The van der Waals surface area contributed by atoms with E-state index in [0.29, 0.717) is 17.6 Å². The monoisotopic (exact) mass is 339 g/mol. The van der Waals surface area contributed by atoms with Crippen LogP contribution in [0.1, 0.15) is 36.0 Å². The fourth-order valence-corrected chi connectivity index (χ4v) is 3.30. The highest BCUT2D eigenvalue weighted by molar-refractivity contribution is 9.10. The number of nitrogens with two attached hydrogens (primary N) is 1. The van der Waals surface area contributed by atoms with E-state index in [4.69, 9.17) is 5.73 Å². The fraction of sp³-hybridized carbons (Fsp3) is 0.533. The minimum atomic E-state index is -0.372. The number of hydrogen-bond donors (Lipinski definition) is 2. The highest BCUT2D eigenvalue weighted by Gasteiger charge is 2.25. The van der Waals surface area contributed by atoms with E-state index in [-0.39, 0.29) is 5.91 Å². The summed E-state index contributed by atoms with van der Waals surface area (Å²) in [4.78, 5) is 13.8. The largest absolute Gasteiger partial charge is 0.371 e. The Bertz CT molecular complexity index is 484. The molecule has 3 N–H and O–H groups in total. The minimum absolute atomic E-state index is 0.372. The zero-order valence-corrected chi connectivity index (χ0v) is 13.6. The van der Waals surface area contributed by atoms with E-state index in [0.717, 1.165) is 23.0 Å². The maximum Gasteiger partial charge on any atom is 0.250 e. The van der Waals surface area contributed by atoms with Crippen LogP contribution in [-0.4, -0.2) is 32.1 Å². The molecule has 20 heavy (non-hydrogen) atoms. The van der Waals surface area contributed by atoms with Crippen molar-refractivity contribution in [3.8, 4) is 0 Å². The van der Waals surface area contributed by atoms with Gasteiger partial charge in [-0.1, -0.05) is 15.9 Å². The molecule has 0 aromatic heterocycles. The number of hydrogen-bond acceptors (Lipinski definition) is 3. The predicted octanol–water partition coefficient (Wildman–Crippen LogP) is 2.51. The molecule has 0 spiro atoms. The Hall–Kier alpha value is -1.07. The molecule has 0 radical (unpaired) electrons. The van der Waals surface area contributed by atoms with Gasteiger partial charge in [0.05, 0.1) is 11.3 Å². The number of carbonyl (C=O) groups excluding carboxylic acids is 1. The van der Waals surface area contributed by atoms with Crippen LogP contribution in [0.4, 0.5) is 5.69 Å². The second-order valence-electron chi connectivity index (χ2n) is 5.43. The lowest BCUT2D eigenvalue weighted by Gasteiger charge is -2.36. The molecule has 1 saturated carbocycles. The van der Waals surface area contributed by atoms with Gasteiger partial charge in [-0.05, 0) is 50.9 Å². The molecule has 1 aromatic rings. The summed E-state index contributed by atoms with van der Waals surface area (Å²) in [7, 11) is 4.08. The van der Waals surface area contributed by atoms with E-state index >= 15 is 0 Å². The quantitative estimate of drug-likeness (QED) is 0.886. The SMILES string of the molecule is CNC1CCC(N(C)c2cc(Br)ccc2C(N)=O)CC1. The van der Waals surface area contributed by atoms with Crippen LogP contribution in [0.2, 0.25) is 0 Å². The van der Waals surface area contributed by atoms with Crippen molar-refractivity contribution in [3.05, 3.63) is 28.2 Å². The number of benzene rings is 1. The third kappa shape index (κ3) is 3.33. The highest BCUT2D eigenvalue weighted by atomic mass is 79.9. The van der Waals surface area contributed by atoms with Crippen LogP contribution in [0.15, 0.2) is 22.7 Å². The van der Waals surface area contributed by atoms with E-state index in [2.05, 4.69) is 33.2 Å². The first kappa shape index (κ1) is 15.3. The molecule has 0 bridgehead atoms. The Morgan fingerprint density at radius 2 is 2.00 bits per heavy atom. The van der Waals surface area contributed by atoms with Crippen LogP contribution < -0.4 is 16.0 Å². The van der Waals surface area contributed by atoms with Crippen molar-refractivity contribution in [3.63, 3.8) is 0 Å². The molecular formula is C15H22BrN3O. The zero-order chi connectivity index (χ0) is 14.7. The summed E-state index contributed by atoms with van der Waals surface area (Å²) in [5.41, 5.74) is 6.99. The highest BCUT2D eigenvalue weighted by Crippen LogP contribution is 2.30. The molecule has 0 aliphatic heterocycles. The number of anilines is 1. The third-order valence-corrected chi connectivity index (χ3v) is 4.75. The van der Waals surface area contributed by atoms with Crippen LogP contribution in [-0.2, 0) is 0 Å². The summed E-state index contributed by atoms with van der Waals surface area (Å²) >= 11 is 3.47. The first-order chi connectivity index (χ1) is 9.52. The Kier molecular flexibility index (Phi) is 5.05. The second kappa shape index (κ2) is 6.59. The average molecular weight is 340 g/mol. The van der Waals surface area contributed by atoms with Gasteiger partial charge in [0.15, 0.2) is 0 Å². The van der Waals surface area contributed by atoms with Gasteiger partial charge in [-0.25, -0.2) is 0 Å². The van der Waals surface area contributed by atoms with E-state index in [9.17, 15) is 4.79 Å². The van der Waals surface area contributed by atoms with E-state index in [1.165, 1.54) is 12.8 Å². The molecule has 1 aromatic carbocycles. The molecule has 0 heterocycles. The van der Waals surface area contributed by atoms with Gasteiger partial charge in [0.2, 0.25) is 0 Å². The summed E-state index contributed by atoms with van der Waals surface area (Å²) in [6.45, 7) is 0. The number of nitrogens with zero attached hydrogens (tertiary/aromatic N) is 1. The lowest BCUT2D eigenvalue weighted by atomic mass is 9.90. The number of primary amides is 1. The standard InChI is InChI=1S/C15H22BrN3O/c1-18-11-4-6-12(7-5-11)19(2)14-9-10(16)3-8-13(14)15(17)20/h3,8-9,11-12,18H,4-7H2,1-2H3,(H2,17,20). The van der Waals surface area contributed by atoms with Crippen molar-refractivity contribution in [1.82, 2.24) is 5.32 Å². The predicted molar refractivity (Wildman–Crippen MR) is 86.2 cm³/mol. The van der Waals surface area contributed by atoms with Gasteiger partial charge in [-0.3, -0.25) is 4.79 Å². The van der Waals surface area contributed by atoms with Crippen LogP contribution >= 0.6 is 15.9 Å². The van der Waals surface area contributed by atoms with Crippen molar-refractivity contribution in [2.24, 2.45) is 5.73 Å². The molecule has 1 amide bonds. The second-order valence-corrected chi connectivity index (χ2v) is 6.35. The maximum absolute atomic E-state index is 11.6. The first-order valence-electron chi connectivity index (χ1n) is 7.02. The van der Waals surface area contributed by atoms with Crippen LogP contribution in [0.5, 0.6) is 0 Å². The van der Waals surface area contributed by atoms with Gasteiger partial charge in [-0.15, -0.1) is 0 Å². The lowest BCUT2D eigenvalue weighted by molar-refractivity contribution is 0.100. The minimum Gasteiger partial charge on any atom is -0.371 e. The lowest BCUT2D eigenvalue weighted by Crippen LogP contribution is -2.40. The fourth-order valence-electron chi connectivity index (χ4n) is 2.95. The molecule has 0 unspecified atom stereocenters. The van der Waals surface area contributed by atoms with E-state index < -0.39 is 0 Å². The number of carbonyl (C=O) groups is 1. The molecule has 1 aliphatic rings. The molecule has 1 aliphatic carbocycles. The molecule has 2 rings (SSSR count). The summed E-state index contributed by atoms with van der Waals surface area (Å²) < 4.78 is 0.966. The molecule has 110 valence electrons. The summed E-state index contributed by atoms with van der Waals surface area (Å²) in [5.74, 6) is -0.372. The van der Waals surface area contributed by atoms with Crippen molar-refractivity contribution < 1.29 is 4.79 Å². The first-order valence-corrected chi connectivity index (χ1v) is 7.81. The van der Waals surface area contributed by atoms with Gasteiger partial charge in [0.1, 0.15) is 0 Å². The molecule has 4 nitrogen and oxygen atoms in total. The topological polar surface area (TPSA) is 58.4 Å². The van der Waals surface area contributed by atoms with Crippen molar-refractivity contribution in [1.29, 1.82) is 0 Å². The number of halogens is 1. The van der Waals surface area contributed by atoms with Crippen LogP contribution in [0.25, 0.3) is 0 Å². The van der Waals surface area contributed by atoms with Gasteiger partial charge >= 0.3 is 0 Å².